The molecule has 4 heteroatoms. The molecule has 2 rings (SSSR count). The van der Waals surface area contributed by atoms with Crippen molar-refractivity contribution in [2.24, 2.45) is 0 Å². The Morgan fingerprint density at radius 2 is 1.90 bits per heavy atom. The molecule has 0 saturated carbocycles. The number of aryl methyl sites for hydroxylation is 3. The standard InChI is InChI=1S/C16H18N2O2/c1-5-14(15-8-12(4)18-20-15)19-16-10(2)6-13(9-17)7-11(16)3/h6-8,14H,5H2,1-4H3. The Morgan fingerprint density at radius 1 is 1.25 bits per heavy atom. The van der Waals surface area contributed by atoms with Crippen LogP contribution >= 0.6 is 0 Å². The van der Waals surface area contributed by atoms with Crippen LogP contribution in [-0.2, 0) is 0 Å². The van der Waals surface area contributed by atoms with E-state index in [-0.39, 0.29) is 6.10 Å². The first kappa shape index (κ1) is 14.1. The van der Waals surface area contributed by atoms with E-state index in [1.807, 2.05) is 45.9 Å². The molecule has 20 heavy (non-hydrogen) atoms. The van der Waals surface area contributed by atoms with Crippen molar-refractivity contribution in [1.29, 1.82) is 5.26 Å². The number of aromatic nitrogens is 1. The Hall–Kier alpha value is -2.28. The lowest BCUT2D eigenvalue weighted by molar-refractivity contribution is 0.158. The van der Waals surface area contributed by atoms with E-state index in [4.69, 9.17) is 14.5 Å². The van der Waals surface area contributed by atoms with Gasteiger partial charge in [-0.05, 0) is 50.5 Å². The first-order valence-corrected chi connectivity index (χ1v) is 6.66. The SMILES string of the molecule is CCC(Oc1c(C)cc(C#N)cc1C)c1cc(C)no1. The summed E-state index contributed by atoms with van der Waals surface area (Å²) in [4.78, 5) is 0. The highest BCUT2D eigenvalue weighted by molar-refractivity contribution is 5.47. The van der Waals surface area contributed by atoms with E-state index in [1.54, 1.807) is 0 Å². The lowest BCUT2D eigenvalue weighted by Gasteiger charge is -2.18. The second-order valence-corrected chi connectivity index (χ2v) is 4.94. The smallest absolute Gasteiger partial charge is 0.177 e. The van der Waals surface area contributed by atoms with Crippen LogP contribution in [0.25, 0.3) is 0 Å². The Bertz CT molecular complexity index is 630. The van der Waals surface area contributed by atoms with Gasteiger partial charge >= 0.3 is 0 Å². The van der Waals surface area contributed by atoms with E-state index in [0.717, 1.165) is 34.8 Å². The molecule has 0 spiro atoms. The third-order valence-corrected chi connectivity index (χ3v) is 3.18. The zero-order valence-electron chi connectivity index (χ0n) is 12.2. The lowest BCUT2D eigenvalue weighted by Crippen LogP contribution is -2.07. The van der Waals surface area contributed by atoms with Gasteiger partial charge in [0.25, 0.3) is 0 Å². The van der Waals surface area contributed by atoms with Gasteiger partial charge in [-0.25, -0.2) is 0 Å². The fourth-order valence-corrected chi connectivity index (χ4v) is 2.22. The van der Waals surface area contributed by atoms with Crippen LogP contribution in [0.3, 0.4) is 0 Å². The number of hydrogen-bond donors (Lipinski definition) is 0. The number of nitriles is 1. The van der Waals surface area contributed by atoms with Crippen molar-refractivity contribution in [3.8, 4) is 11.8 Å². The van der Waals surface area contributed by atoms with Crippen molar-refractivity contribution in [2.45, 2.75) is 40.2 Å². The van der Waals surface area contributed by atoms with Crippen LogP contribution in [-0.4, -0.2) is 5.16 Å². The van der Waals surface area contributed by atoms with Crippen LogP contribution < -0.4 is 4.74 Å². The molecule has 2 aromatic rings. The Morgan fingerprint density at radius 3 is 2.35 bits per heavy atom. The fraction of sp³-hybridized carbons (Fsp3) is 0.375. The number of nitrogens with zero attached hydrogens (tertiary/aromatic N) is 2. The van der Waals surface area contributed by atoms with Crippen LogP contribution in [0.4, 0.5) is 0 Å². The van der Waals surface area contributed by atoms with Crippen molar-refractivity contribution in [3.05, 3.63) is 46.3 Å². The van der Waals surface area contributed by atoms with Crippen molar-refractivity contribution < 1.29 is 9.26 Å². The molecule has 0 amide bonds. The highest BCUT2D eigenvalue weighted by Crippen LogP contribution is 2.31. The summed E-state index contributed by atoms with van der Waals surface area (Å²) in [6.45, 7) is 7.82. The first-order valence-electron chi connectivity index (χ1n) is 6.66. The molecule has 0 radical (unpaired) electrons. The maximum absolute atomic E-state index is 8.97. The van der Waals surface area contributed by atoms with E-state index in [2.05, 4.69) is 11.2 Å². The fourth-order valence-electron chi connectivity index (χ4n) is 2.22. The molecule has 0 bridgehead atoms. The van der Waals surface area contributed by atoms with Gasteiger partial charge in [-0.2, -0.15) is 5.26 Å². The van der Waals surface area contributed by atoms with Crippen LogP contribution in [0, 0.1) is 32.1 Å². The number of ether oxygens (including phenoxy) is 1. The van der Waals surface area contributed by atoms with Gasteiger partial charge in [-0.1, -0.05) is 12.1 Å². The number of rotatable bonds is 4. The topological polar surface area (TPSA) is 59.0 Å². The monoisotopic (exact) mass is 270 g/mol. The molecule has 1 aromatic carbocycles. The molecule has 0 aliphatic rings. The molecular formula is C16H18N2O2. The molecule has 1 unspecified atom stereocenters. The maximum atomic E-state index is 8.97. The van der Waals surface area contributed by atoms with E-state index >= 15 is 0 Å². The third-order valence-electron chi connectivity index (χ3n) is 3.18. The predicted octanol–water partition coefficient (Wildman–Crippen LogP) is 4.00. The minimum atomic E-state index is -0.165. The van der Waals surface area contributed by atoms with Crippen molar-refractivity contribution in [3.63, 3.8) is 0 Å². The molecule has 0 aliphatic carbocycles. The van der Waals surface area contributed by atoms with Gasteiger partial charge in [0.2, 0.25) is 0 Å². The van der Waals surface area contributed by atoms with E-state index in [0.29, 0.717) is 5.56 Å². The summed E-state index contributed by atoms with van der Waals surface area (Å²) in [7, 11) is 0. The predicted molar refractivity (Wildman–Crippen MR) is 75.5 cm³/mol. The molecule has 1 atom stereocenters. The minimum absolute atomic E-state index is 0.165. The Kier molecular flexibility index (Phi) is 4.09. The Labute approximate surface area is 119 Å². The van der Waals surface area contributed by atoms with Gasteiger partial charge in [-0.3, -0.25) is 0 Å². The first-order chi connectivity index (χ1) is 9.55. The second kappa shape index (κ2) is 5.79. The van der Waals surface area contributed by atoms with Gasteiger partial charge in [0.15, 0.2) is 11.9 Å². The minimum Gasteiger partial charge on any atom is -0.482 e. The maximum Gasteiger partial charge on any atom is 0.177 e. The summed E-state index contributed by atoms with van der Waals surface area (Å²) in [5.74, 6) is 1.54. The average Bonchev–Trinajstić information content (AvgIpc) is 2.84. The highest BCUT2D eigenvalue weighted by atomic mass is 16.5. The summed E-state index contributed by atoms with van der Waals surface area (Å²) in [5, 5.41) is 12.9. The van der Waals surface area contributed by atoms with Crippen LogP contribution in [0.15, 0.2) is 22.7 Å². The lowest BCUT2D eigenvalue weighted by atomic mass is 10.1. The van der Waals surface area contributed by atoms with Gasteiger partial charge in [0.1, 0.15) is 5.75 Å². The molecule has 4 nitrogen and oxygen atoms in total. The zero-order chi connectivity index (χ0) is 14.7. The van der Waals surface area contributed by atoms with Crippen LogP contribution in [0.5, 0.6) is 5.75 Å². The van der Waals surface area contributed by atoms with E-state index < -0.39 is 0 Å². The molecule has 0 saturated heterocycles. The van der Waals surface area contributed by atoms with Crippen LogP contribution in [0.1, 0.15) is 47.6 Å². The van der Waals surface area contributed by atoms with Crippen LogP contribution in [0.2, 0.25) is 0 Å². The molecule has 0 N–H and O–H groups in total. The normalized spacial score (nSPS) is 11.9. The van der Waals surface area contributed by atoms with E-state index in [9.17, 15) is 0 Å². The third kappa shape index (κ3) is 2.83. The number of benzene rings is 1. The summed E-state index contributed by atoms with van der Waals surface area (Å²) >= 11 is 0. The van der Waals surface area contributed by atoms with Gasteiger partial charge < -0.3 is 9.26 Å². The van der Waals surface area contributed by atoms with Gasteiger partial charge in [0.05, 0.1) is 17.3 Å². The second-order valence-electron chi connectivity index (χ2n) is 4.94. The summed E-state index contributed by atoms with van der Waals surface area (Å²) in [6, 6.07) is 7.71. The molecule has 1 heterocycles. The summed E-state index contributed by atoms with van der Waals surface area (Å²) < 4.78 is 11.4. The molecule has 104 valence electrons. The highest BCUT2D eigenvalue weighted by Gasteiger charge is 2.18. The molecule has 0 aliphatic heterocycles. The zero-order valence-corrected chi connectivity index (χ0v) is 12.2. The van der Waals surface area contributed by atoms with E-state index in [1.165, 1.54) is 0 Å². The summed E-state index contributed by atoms with van der Waals surface area (Å²) in [5.41, 5.74) is 3.40. The van der Waals surface area contributed by atoms with Crippen molar-refractivity contribution in [2.75, 3.05) is 0 Å². The van der Waals surface area contributed by atoms with Crippen molar-refractivity contribution in [1.82, 2.24) is 5.16 Å². The molecule has 0 fully saturated rings. The van der Waals surface area contributed by atoms with Crippen molar-refractivity contribution >= 4 is 0 Å². The quantitative estimate of drug-likeness (QED) is 0.842. The molecule has 1 aromatic heterocycles. The number of hydrogen-bond acceptors (Lipinski definition) is 4. The largest absolute Gasteiger partial charge is 0.482 e. The Balaban J connectivity index is 2.31. The average molecular weight is 270 g/mol. The van der Waals surface area contributed by atoms with Gasteiger partial charge in [0, 0.05) is 6.07 Å². The molecular weight excluding hydrogens is 252 g/mol. The van der Waals surface area contributed by atoms with Gasteiger partial charge in [-0.15, -0.1) is 0 Å². The summed E-state index contributed by atoms with van der Waals surface area (Å²) in [6.07, 6.45) is 0.620.